The van der Waals surface area contributed by atoms with Crippen molar-refractivity contribution in [3.63, 3.8) is 0 Å². The molecule has 0 heterocycles. The number of halogens is 2. The molecule has 1 N–H and O–H groups in total. The molecule has 3 atom stereocenters. The van der Waals surface area contributed by atoms with E-state index in [0.29, 0.717) is 22.4 Å². The SMILES string of the molecule is CC1CCC(N(C)C)C(O)(Cc2cccc(Cl)c2)C1=Cc1ccc(Cl)cc1. The Labute approximate surface area is 172 Å². The number of hydrogen-bond donors (Lipinski definition) is 1. The van der Waals surface area contributed by atoms with Crippen LogP contribution in [0.15, 0.2) is 54.1 Å². The quantitative estimate of drug-likeness (QED) is 0.706. The summed E-state index contributed by atoms with van der Waals surface area (Å²) in [5, 5.41) is 13.4. The van der Waals surface area contributed by atoms with Crippen LogP contribution in [0.2, 0.25) is 10.0 Å². The van der Waals surface area contributed by atoms with Gasteiger partial charge in [-0.25, -0.2) is 0 Å². The third-order valence-electron chi connectivity index (χ3n) is 5.63. The molecule has 0 radical (unpaired) electrons. The van der Waals surface area contributed by atoms with Gasteiger partial charge in [0.05, 0.1) is 0 Å². The van der Waals surface area contributed by atoms with Crippen LogP contribution in [-0.2, 0) is 6.42 Å². The molecule has 4 heteroatoms. The van der Waals surface area contributed by atoms with Crippen LogP contribution >= 0.6 is 23.2 Å². The maximum Gasteiger partial charge on any atom is 0.106 e. The van der Waals surface area contributed by atoms with E-state index in [9.17, 15) is 5.11 Å². The summed E-state index contributed by atoms with van der Waals surface area (Å²) in [5.41, 5.74) is 2.23. The van der Waals surface area contributed by atoms with Crippen LogP contribution in [0.5, 0.6) is 0 Å². The van der Waals surface area contributed by atoms with E-state index in [1.54, 1.807) is 0 Å². The van der Waals surface area contributed by atoms with E-state index in [2.05, 4.69) is 17.9 Å². The molecule has 2 nitrogen and oxygen atoms in total. The van der Waals surface area contributed by atoms with Crippen molar-refractivity contribution < 1.29 is 5.11 Å². The lowest BCUT2D eigenvalue weighted by atomic mass is 9.67. The summed E-state index contributed by atoms with van der Waals surface area (Å²) < 4.78 is 0. The lowest BCUT2D eigenvalue weighted by Crippen LogP contribution is -2.56. The molecule has 2 aromatic rings. The fraction of sp³-hybridized carbons (Fsp3) is 0.391. The summed E-state index contributed by atoms with van der Waals surface area (Å²) in [7, 11) is 4.09. The Morgan fingerprint density at radius 1 is 1.07 bits per heavy atom. The number of benzene rings is 2. The number of nitrogens with zero attached hydrogens (tertiary/aromatic N) is 1. The Morgan fingerprint density at radius 3 is 2.41 bits per heavy atom. The van der Waals surface area contributed by atoms with Crippen LogP contribution < -0.4 is 0 Å². The molecule has 1 fully saturated rings. The summed E-state index contributed by atoms with van der Waals surface area (Å²) in [4.78, 5) is 2.14. The number of aliphatic hydroxyl groups is 1. The Balaban J connectivity index is 2.06. The predicted octanol–water partition coefficient (Wildman–Crippen LogP) is 5.71. The summed E-state index contributed by atoms with van der Waals surface area (Å²) in [5.74, 6) is 0.307. The molecule has 3 unspecified atom stereocenters. The predicted molar refractivity (Wildman–Crippen MR) is 115 cm³/mol. The van der Waals surface area contributed by atoms with Gasteiger partial charge in [-0.05, 0) is 73.8 Å². The van der Waals surface area contributed by atoms with Crippen molar-refractivity contribution in [1.29, 1.82) is 0 Å². The first-order chi connectivity index (χ1) is 12.8. The second kappa shape index (κ2) is 8.36. The first-order valence-electron chi connectivity index (χ1n) is 9.40. The van der Waals surface area contributed by atoms with E-state index in [4.69, 9.17) is 23.2 Å². The van der Waals surface area contributed by atoms with Crippen LogP contribution in [0, 0.1) is 5.92 Å². The summed E-state index contributed by atoms with van der Waals surface area (Å²) in [6.45, 7) is 2.20. The zero-order valence-electron chi connectivity index (χ0n) is 16.1. The van der Waals surface area contributed by atoms with Gasteiger partial charge < -0.3 is 10.0 Å². The summed E-state index contributed by atoms with van der Waals surface area (Å²) in [6.07, 6.45) is 4.70. The molecule has 0 amide bonds. The van der Waals surface area contributed by atoms with Crippen molar-refractivity contribution in [1.82, 2.24) is 4.90 Å². The van der Waals surface area contributed by atoms with Gasteiger partial charge in [0.15, 0.2) is 0 Å². The highest BCUT2D eigenvalue weighted by Crippen LogP contribution is 2.42. The van der Waals surface area contributed by atoms with Crippen LogP contribution in [-0.4, -0.2) is 35.7 Å². The maximum atomic E-state index is 12.0. The van der Waals surface area contributed by atoms with Crippen molar-refractivity contribution in [3.8, 4) is 0 Å². The van der Waals surface area contributed by atoms with Gasteiger partial charge in [0, 0.05) is 22.5 Å². The highest BCUT2D eigenvalue weighted by Gasteiger charge is 2.46. The minimum atomic E-state index is -0.953. The number of hydrogen-bond acceptors (Lipinski definition) is 2. The maximum absolute atomic E-state index is 12.0. The summed E-state index contributed by atoms with van der Waals surface area (Å²) in [6, 6.07) is 15.6. The Morgan fingerprint density at radius 2 is 1.78 bits per heavy atom. The molecule has 3 rings (SSSR count). The summed E-state index contributed by atoms with van der Waals surface area (Å²) >= 11 is 12.2. The largest absolute Gasteiger partial charge is 0.383 e. The molecule has 1 saturated carbocycles. The van der Waals surface area contributed by atoms with E-state index >= 15 is 0 Å². The molecule has 1 aliphatic carbocycles. The Bertz CT molecular complexity index is 815. The second-order valence-electron chi connectivity index (χ2n) is 7.84. The van der Waals surface area contributed by atoms with Crippen LogP contribution in [0.25, 0.3) is 6.08 Å². The molecule has 1 aliphatic rings. The van der Waals surface area contributed by atoms with Crippen molar-refractivity contribution in [2.75, 3.05) is 14.1 Å². The second-order valence-corrected chi connectivity index (χ2v) is 8.71. The van der Waals surface area contributed by atoms with Crippen molar-refractivity contribution in [3.05, 3.63) is 75.3 Å². The highest BCUT2D eigenvalue weighted by atomic mass is 35.5. The van der Waals surface area contributed by atoms with E-state index in [1.807, 2.05) is 62.6 Å². The molecule has 144 valence electrons. The van der Waals surface area contributed by atoms with Gasteiger partial charge in [-0.1, -0.05) is 60.5 Å². The van der Waals surface area contributed by atoms with Gasteiger partial charge in [-0.15, -0.1) is 0 Å². The first kappa shape index (κ1) is 20.4. The molecule has 0 saturated heterocycles. The standard InChI is InChI=1S/C23H27Cl2NO/c1-16-7-12-22(26(2)3)23(27,15-18-5-4-6-20(25)13-18)21(16)14-17-8-10-19(24)11-9-17/h4-6,8-11,13-14,16,22,27H,7,12,15H2,1-3H3. The lowest BCUT2D eigenvalue weighted by Gasteiger charge is -2.48. The van der Waals surface area contributed by atoms with E-state index in [0.717, 1.165) is 29.5 Å². The fourth-order valence-corrected chi connectivity index (χ4v) is 4.63. The zero-order chi connectivity index (χ0) is 19.6. The molecule has 2 aromatic carbocycles. The average Bonchev–Trinajstić information content (AvgIpc) is 2.60. The third kappa shape index (κ3) is 4.57. The fourth-order valence-electron chi connectivity index (χ4n) is 4.29. The highest BCUT2D eigenvalue weighted by molar-refractivity contribution is 6.30. The molecule has 0 spiro atoms. The van der Waals surface area contributed by atoms with Crippen molar-refractivity contribution >= 4 is 29.3 Å². The third-order valence-corrected chi connectivity index (χ3v) is 6.12. The van der Waals surface area contributed by atoms with Crippen LogP contribution in [0.4, 0.5) is 0 Å². The minimum absolute atomic E-state index is 0.0474. The van der Waals surface area contributed by atoms with E-state index < -0.39 is 5.60 Å². The molecular weight excluding hydrogens is 377 g/mol. The molecule has 27 heavy (non-hydrogen) atoms. The van der Waals surface area contributed by atoms with E-state index in [1.165, 1.54) is 0 Å². The number of rotatable bonds is 4. The Kier molecular flexibility index (Phi) is 6.32. The van der Waals surface area contributed by atoms with Crippen molar-refractivity contribution in [2.45, 2.75) is 37.8 Å². The average molecular weight is 404 g/mol. The molecular formula is C23H27Cl2NO. The lowest BCUT2D eigenvalue weighted by molar-refractivity contribution is -0.0284. The van der Waals surface area contributed by atoms with Gasteiger partial charge in [0.1, 0.15) is 5.60 Å². The normalized spacial score (nSPS) is 27.3. The topological polar surface area (TPSA) is 23.5 Å². The molecule has 0 aromatic heterocycles. The van der Waals surface area contributed by atoms with Gasteiger partial charge in [0.2, 0.25) is 0 Å². The van der Waals surface area contributed by atoms with E-state index in [-0.39, 0.29) is 6.04 Å². The van der Waals surface area contributed by atoms with Gasteiger partial charge >= 0.3 is 0 Å². The molecule has 0 aliphatic heterocycles. The minimum Gasteiger partial charge on any atom is -0.383 e. The van der Waals surface area contributed by atoms with Crippen LogP contribution in [0.3, 0.4) is 0 Å². The van der Waals surface area contributed by atoms with Crippen molar-refractivity contribution in [2.24, 2.45) is 5.92 Å². The smallest absolute Gasteiger partial charge is 0.106 e. The van der Waals surface area contributed by atoms with Gasteiger partial charge in [0.25, 0.3) is 0 Å². The van der Waals surface area contributed by atoms with Gasteiger partial charge in [-0.3, -0.25) is 0 Å². The first-order valence-corrected chi connectivity index (χ1v) is 10.2. The van der Waals surface area contributed by atoms with Gasteiger partial charge in [-0.2, -0.15) is 0 Å². The monoisotopic (exact) mass is 403 g/mol. The zero-order valence-corrected chi connectivity index (χ0v) is 17.6. The number of likely N-dealkylation sites (N-methyl/N-ethyl adjacent to an activating group) is 1. The Hall–Kier alpha value is -1.32. The molecule has 0 bridgehead atoms. The van der Waals surface area contributed by atoms with Crippen LogP contribution in [0.1, 0.15) is 30.9 Å².